The second kappa shape index (κ2) is 13.1. The maximum Gasteiger partial charge on any atom is 0.222 e. The summed E-state index contributed by atoms with van der Waals surface area (Å²) >= 11 is 0. The zero-order valence-electron chi connectivity index (χ0n) is 27.6. The molecule has 0 N–H and O–H groups in total. The summed E-state index contributed by atoms with van der Waals surface area (Å²) in [5, 5.41) is 0. The van der Waals surface area contributed by atoms with Gasteiger partial charge in [-0.2, -0.15) is 0 Å². The molecule has 3 fully saturated rings. The molecule has 3 heterocycles. The molecule has 3 saturated heterocycles. The Bertz CT molecular complexity index is 1850. The molecule has 0 unspecified atom stereocenters. The second-order valence-electron chi connectivity index (χ2n) is 12.3. The Balaban J connectivity index is 1.01. The Hall–Kier alpha value is -4.54. The van der Waals surface area contributed by atoms with Gasteiger partial charge in [-0.25, -0.2) is 0 Å². The third kappa shape index (κ3) is 5.70. The number of methoxy groups -OCH3 is 1. The van der Waals surface area contributed by atoms with E-state index in [1.54, 1.807) is 7.11 Å². The van der Waals surface area contributed by atoms with E-state index in [1.165, 1.54) is 5.56 Å². The molecule has 0 saturated carbocycles. The predicted molar refractivity (Wildman–Crippen MR) is 182 cm³/mol. The average molecular weight is 659 g/mol. The van der Waals surface area contributed by atoms with Gasteiger partial charge in [0.25, 0.3) is 0 Å². The van der Waals surface area contributed by atoms with Crippen molar-refractivity contribution in [3.05, 3.63) is 160 Å². The molecule has 8 heteroatoms. The fraction of sp³-hybridized carbons (Fsp3) is 0.268. The highest BCUT2D eigenvalue weighted by Crippen LogP contribution is 2.43. The molecule has 5 aromatic rings. The van der Waals surface area contributed by atoms with E-state index in [2.05, 4.69) is 31.2 Å². The zero-order valence-corrected chi connectivity index (χ0v) is 27.6. The predicted octanol–water partition coefficient (Wildman–Crippen LogP) is 7.54. The molecule has 8 rings (SSSR count). The second-order valence-corrected chi connectivity index (χ2v) is 12.3. The van der Waals surface area contributed by atoms with Gasteiger partial charge in [-0.3, -0.25) is 0 Å². The van der Waals surface area contributed by atoms with Gasteiger partial charge in [0, 0.05) is 33.4 Å². The lowest BCUT2D eigenvalue weighted by Crippen LogP contribution is -2.30. The minimum atomic E-state index is -1.04. The lowest BCUT2D eigenvalue weighted by atomic mass is 9.92. The first-order chi connectivity index (χ1) is 24.0. The monoisotopic (exact) mass is 658 g/mol. The molecule has 250 valence electrons. The molecule has 0 atom stereocenters. The maximum atomic E-state index is 6.32. The van der Waals surface area contributed by atoms with Crippen molar-refractivity contribution >= 4 is 0 Å². The van der Waals surface area contributed by atoms with Crippen LogP contribution in [0.4, 0.5) is 0 Å². The van der Waals surface area contributed by atoms with Gasteiger partial charge in [-0.05, 0) is 79.7 Å². The first-order valence-corrected chi connectivity index (χ1v) is 16.6. The van der Waals surface area contributed by atoms with Crippen molar-refractivity contribution < 1.29 is 37.9 Å². The van der Waals surface area contributed by atoms with E-state index < -0.39 is 17.4 Å². The Labute approximate surface area is 286 Å². The number of aryl methyl sites for hydroxylation is 1. The molecule has 0 aromatic heterocycles. The van der Waals surface area contributed by atoms with E-state index in [0.29, 0.717) is 51.1 Å². The van der Waals surface area contributed by atoms with Gasteiger partial charge in [0.15, 0.2) is 0 Å². The number of rotatable bonds is 9. The van der Waals surface area contributed by atoms with Crippen LogP contribution in [-0.2, 0) is 45.8 Å². The third-order valence-corrected chi connectivity index (χ3v) is 9.33. The molecule has 3 aliphatic rings. The molecule has 0 spiro atoms. The van der Waals surface area contributed by atoms with Crippen LogP contribution >= 0.6 is 0 Å². The summed E-state index contributed by atoms with van der Waals surface area (Å²) in [7, 11) is 1.65. The standard InChI is InChI=1S/C41H38O8/c1-29-3-5-30(6-4-29)39(43-23-24-44-39)31-7-9-32(10-8-31)40(45-25-26-46-40)34-13-19-37(20-14-34)49-38-21-15-35(16-22-38)41(47-27-28-48-41)33-11-17-36(42-2)18-12-33/h3-22H,23-28H2,1-2H3. The largest absolute Gasteiger partial charge is 0.497 e. The first-order valence-electron chi connectivity index (χ1n) is 16.6. The van der Waals surface area contributed by atoms with E-state index in [4.69, 9.17) is 37.9 Å². The van der Waals surface area contributed by atoms with Crippen molar-refractivity contribution in [1.29, 1.82) is 0 Å². The van der Waals surface area contributed by atoms with E-state index in [-0.39, 0.29) is 0 Å². The molecule has 3 aliphatic heterocycles. The third-order valence-electron chi connectivity index (χ3n) is 9.33. The Morgan fingerprint density at radius 3 is 0.898 bits per heavy atom. The van der Waals surface area contributed by atoms with Crippen LogP contribution in [0.5, 0.6) is 17.2 Å². The van der Waals surface area contributed by atoms with Crippen LogP contribution in [-0.4, -0.2) is 46.8 Å². The van der Waals surface area contributed by atoms with Gasteiger partial charge in [-0.1, -0.05) is 54.1 Å². The summed E-state index contributed by atoms with van der Waals surface area (Å²) < 4.78 is 49.0. The van der Waals surface area contributed by atoms with E-state index >= 15 is 0 Å². The normalized spacial score (nSPS) is 19.1. The SMILES string of the molecule is COc1ccc(C2(c3ccc(Oc4ccc(C5(c6ccc(C7(c8ccc(C)cc8)OCCO7)cc6)OCCO5)cc4)cc3)OCCO2)cc1. The smallest absolute Gasteiger partial charge is 0.222 e. The Morgan fingerprint density at radius 1 is 0.367 bits per heavy atom. The van der Waals surface area contributed by atoms with Gasteiger partial charge >= 0.3 is 0 Å². The molecule has 0 aliphatic carbocycles. The summed E-state index contributed by atoms with van der Waals surface area (Å²) in [6, 6.07) is 39.8. The Morgan fingerprint density at radius 2 is 0.612 bits per heavy atom. The Kier molecular flexibility index (Phi) is 8.45. The van der Waals surface area contributed by atoms with Crippen LogP contribution in [0.1, 0.15) is 38.9 Å². The van der Waals surface area contributed by atoms with E-state index in [0.717, 1.165) is 39.1 Å². The summed E-state index contributed by atoms with van der Waals surface area (Å²) in [5.41, 5.74) is 6.62. The van der Waals surface area contributed by atoms with E-state index in [1.807, 2.05) is 97.1 Å². The van der Waals surface area contributed by atoms with Crippen LogP contribution in [0.3, 0.4) is 0 Å². The summed E-state index contributed by atoms with van der Waals surface area (Å²) in [6.07, 6.45) is 0. The van der Waals surface area contributed by atoms with Gasteiger partial charge in [0.1, 0.15) is 17.2 Å². The minimum absolute atomic E-state index is 0.483. The van der Waals surface area contributed by atoms with Crippen LogP contribution in [0.25, 0.3) is 0 Å². The van der Waals surface area contributed by atoms with Crippen molar-refractivity contribution in [3.63, 3.8) is 0 Å². The highest BCUT2D eigenvalue weighted by Gasteiger charge is 2.44. The van der Waals surface area contributed by atoms with Crippen molar-refractivity contribution in [3.8, 4) is 17.2 Å². The fourth-order valence-electron chi connectivity index (χ4n) is 6.85. The van der Waals surface area contributed by atoms with Crippen molar-refractivity contribution in [2.45, 2.75) is 24.3 Å². The highest BCUT2D eigenvalue weighted by molar-refractivity contribution is 5.44. The van der Waals surface area contributed by atoms with Crippen molar-refractivity contribution in [2.24, 2.45) is 0 Å². The van der Waals surface area contributed by atoms with Crippen LogP contribution in [0, 0.1) is 6.92 Å². The number of benzene rings is 5. The number of hydrogen-bond acceptors (Lipinski definition) is 8. The van der Waals surface area contributed by atoms with Crippen molar-refractivity contribution in [2.75, 3.05) is 46.8 Å². The summed E-state index contributed by atoms with van der Waals surface area (Å²) in [6.45, 7) is 5.10. The molecule has 0 bridgehead atoms. The number of hydrogen-bond donors (Lipinski definition) is 0. The number of ether oxygens (including phenoxy) is 8. The molecule has 0 radical (unpaired) electrons. The van der Waals surface area contributed by atoms with Gasteiger partial charge in [0.2, 0.25) is 17.4 Å². The summed E-state index contributed by atoms with van der Waals surface area (Å²) in [4.78, 5) is 0. The fourth-order valence-corrected chi connectivity index (χ4v) is 6.85. The zero-order chi connectivity index (χ0) is 33.3. The average Bonchev–Trinajstić information content (AvgIpc) is 3.96. The van der Waals surface area contributed by atoms with Gasteiger partial charge in [0.05, 0.1) is 46.8 Å². The van der Waals surface area contributed by atoms with Crippen LogP contribution < -0.4 is 9.47 Å². The molecule has 8 nitrogen and oxygen atoms in total. The molecular weight excluding hydrogens is 620 g/mol. The van der Waals surface area contributed by atoms with Crippen LogP contribution in [0.2, 0.25) is 0 Å². The van der Waals surface area contributed by atoms with Crippen molar-refractivity contribution in [1.82, 2.24) is 0 Å². The molecule has 0 amide bonds. The lowest BCUT2D eigenvalue weighted by molar-refractivity contribution is -0.132. The molecule has 5 aromatic carbocycles. The minimum Gasteiger partial charge on any atom is -0.497 e. The highest BCUT2D eigenvalue weighted by atomic mass is 16.7. The van der Waals surface area contributed by atoms with Gasteiger partial charge < -0.3 is 37.9 Å². The first kappa shape index (κ1) is 31.7. The van der Waals surface area contributed by atoms with Gasteiger partial charge in [-0.15, -0.1) is 0 Å². The molecule has 49 heavy (non-hydrogen) atoms. The topological polar surface area (TPSA) is 73.8 Å². The summed E-state index contributed by atoms with van der Waals surface area (Å²) in [5.74, 6) is -0.798. The quantitative estimate of drug-likeness (QED) is 0.161. The molecular formula is C41H38O8. The lowest BCUT2D eigenvalue weighted by Gasteiger charge is -2.31. The maximum absolute atomic E-state index is 6.32. The van der Waals surface area contributed by atoms with Crippen LogP contribution in [0.15, 0.2) is 121 Å². The van der Waals surface area contributed by atoms with E-state index in [9.17, 15) is 0 Å².